The molecular weight excluding hydrogens is 386 g/mol. The molecule has 0 radical (unpaired) electrons. The molecule has 6 nitrogen and oxygen atoms in total. The summed E-state index contributed by atoms with van der Waals surface area (Å²) in [4.78, 5) is 19.7. The SMILES string of the molecule is Cc1cc(Cc2ccccc2)cc(C2CCCN(CC(=O)Nc3cnn(C)c3C)C2)n1. The van der Waals surface area contributed by atoms with Gasteiger partial charge in [-0.05, 0) is 62.9 Å². The number of nitrogens with zero attached hydrogens (tertiary/aromatic N) is 4. The number of rotatable bonds is 6. The lowest BCUT2D eigenvalue weighted by Gasteiger charge is -2.32. The van der Waals surface area contributed by atoms with Crippen molar-refractivity contribution in [2.45, 2.75) is 39.0 Å². The van der Waals surface area contributed by atoms with E-state index in [2.05, 4.69) is 64.7 Å². The van der Waals surface area contributed by atoms with Gasteiger partial charge >= 0.3 is 0 Å². The molecule has 1 fully saturated rings. The predicted octanol–water partition coefficient (Wildman–Crippen LogP) is 3.84. The summed E-state index contributed by atoms with van der Waals surface area (Å²) in [6, 6.07) is 15.0. The number of aromatic nitrogens is 3. The Morgan fingerprint density at radius 2 is 1.97 bits per heavy atom. The first-order valence-electron chi connectivity index (χ1n) is 11.0. The fourth-order valence-corrected chi connectivity index (χ4v) is 4.37. The number of benzene rings is 1. The van der Waals surface area contributed by atoms with Crippen molar-refractivity contribution >= 4 is 11.6 Å². The molecule has 6 heteroatoms. The molecule has 1 N–H and O–H groups in total. The predicted molar refractivity (Wildman–Crippen MR) is 123 cm³/mol. The topological polar surface area (TPSA) is 63.1 Å². The zero-order valence-corrected chi connectivity index (χ0v) is 18.6. The van der Waals surface area contributed by atoms with E-state index >= 15 is 0 Å². The average Bonchev–Trinajstić information content (AvgIpc) is 3.06. The van der Waals surface area contributed by atoms with E-state index < -0.39 is 0 Å². The Balaban J connectivity index is 1.41. The standard InChI is InChI=1S/C25H31N5O/c1-18-12-21(13-20-8-5-4-6-9-20)14-23(27-18)22-10-7-11-30(16-22)17-25(31)28-24-15-26-29(3)19(24)2/h4-6,8-9,12,14-15,22H,7,10-11,13,16-17H2,1-3H3,(H,28,31). The Labute approximate surface area is 184 Å². The van der Waals surface area contributed by atoms with E-state index in [1.165, 1.54) is 11.1 Å². The molecule has 31 heavy (non-hydrogen) atoms. The molecule has 1 aromatic carbocycles. The van der Waals surface area contributed by atoms with Gasteiger partial charge in [0.15, 0.2) is 0 Å². The molecule has 3 aromatic rings. The molecule has 1 amide bonds. The minimum absolute atomic E-state index is 0.0127. The van der Waals surface area contributed by atoms with Crippen molar-refractivity contribution in [3.8, 4) is 0 Å². The van der Waals surface area contributed by atoms with E-state index in [1.807, 2.05) is 14.0 Å². The van der Waals surface area contributed by atoms with Gasteiger partial charge in [0.2, 0.25) is 5.91 Å². The molecule has 1 aliphatic rings. The molecule has 2 aromatic heterocycles. The third-order valence-electron chi connectivity index (χ3n) is 6.08. The van der Waals surface area contributed by atoms with Crippen LogP contribution in [0.3, 0.4) is 0 Å². The number of aryl methyl sites for hydroxylation is 2. The fourth-order valence-electron chi connectivity index (χ4n) is 4.37. The van der Waals surface area contributed by atoms with Gasteiger partial charge in [-0.3, -0.25) is 19.4 Å². The van der Waals surface area contributed by atoms with E-state index in [9.17, 15) is 4.79 Å². The molecule has 1 aliphatic heterocycles. The summed E-state index contributed by atoms with van der Waals surface area (Å²) in [5.41, 5.74) is 6.57. The Morgan fingerprint density at radius 1 is 1.16 bits per heavy atom. The molecule has 0 aliphatic carbocycles. The molecule has 1 saturated heterocycles. The van der Waals surface area contributed by atoms with Gasteiger partial charge in [0, 0.05) is 30.9 Å². The minimum atomic E-state index is 0.0127. The normalized spacial score (nSPS) is 16.9. The van der Waals surface area contributed by atoms with Crippen LogP contribution >= 0.6 is 0 Å². The third kappa shape index (κ3) is 5.39. The number of carbonyl (C=O) groups excluding carboxylic acids is 1. The maximum absolute atomic E-state index is 12.6. The first-order chi connectivity index (χ1) is 15.0. The van der Waals surface area contributed by atoms with Crippen molar-refractivity contribution in [1.82, 2.24) is 19.7 Å². The summed E-state index contributed by atoms with van der Waals surface area (Å²) in [5.74, 6) is 0.370. The monoisotopic (exact) mass is 417 g/mol. The van der Waals surface area contributed by atoms with Gasteiger partial charge in [0.1, 0.15) is 0 Å². The van der Waals surface area contributed by atoms with E-state index in [-0.39, 0.29) is 5.91 Å². The first-order valence-corrected chi connectivity index (χ1v) is 11.0. The highest BCUT2D eigenvalue weighted by molar-refractivity contribution is 5.92. The summed E-state index contributed by atoms with van der Waals surface area (Å²) in [5, 5.41) is 7.19. The Morgan fingerprint density at radius 3 is 2.71 bits per heavy atom. The number of amides is 1. The molecular formula is C25H31N5O. The van der Waals surface area contributed by atoms with Crippen LogP contribution in [0.5, 0.6) is 0 Å². The smallest absolute Gasteiger partial charge is 0.238 e. The highest BCUT2D eigenvalue weighted by Gasteiger charge is 2.24. The van der Waals surface area contributed by atoms with Crippen LogP contribution in [0.15, 0.2) is 48.7 Å². The second-order valence-corrected chi connectivity index (χ2v) is 8.59. The van der Waals surface area contributed by atoms with Crippen LogP contribution in [0, 0.1) is 13.8 Å². The molecule has 0 saturated carbocycles. The van der Waals surface area contributed by atoms with Gasteiger partial charge < -0.3 is 5.32 Å². The van der Waals surface area contributed by atoms with E-state index in [0.29, 0.717) is 12.5 Å². The van der Waals surface area contributed by atoms with E-state index in [0.717, 1.165) is 55.1 Å². The van der Waals surface area contributed by atoms with Crippen molar-refractivity contribution in [3.05, 3.63) is 76.9 Å². The lowest BCUT2D eigenvalue weighted by atomic mass is 9.92. The highest BCUT2D eigenvalue weighted by Crippen LogP contribution is 2.27. The van der Waals surface area contributed by atoms with Gasteiger partial charge in [-0.2, -0.15) is 5.10 Å². The van der Waals surface area contributed by atoms with Gasteiger partial charge in [0.25, 0.3) is 0 Å². The van der Waals surface area contributed by atoms with Crippen LogP contribution in [0.2, 0.25) is 0 Å². The summed E-state index contributed by atoms with van der Waals surface area (Å²) < 4.78 is 1.77. The van der Waals surface area contributed by atoms with Crippen LogP contribution in [0.25, 0.3) is 0 Å². The molecule has 4 rings (SSSR count). The molecule has 0 spiro atoms. The fraction of sp³-hybridized carbons (Fsp3) is 0.400. The summed E-state index contributed by atoms with van der Waals surface area (Å²) in [6.45, 7) is 6.23. The molecule has 1 unspecified atom stereocenters. The van der Waals surface area contributed by atoms with E-state index in [4.69, 9.17) is 4.98 Å². The highest BCUT2D eigenvalue weighted by atomic mass is 16.2. The maximum atomic E-state index is 12.6. The van der Waals surface area contributed by atoms with Gasteiger partial charge in [0.05, 0.1) is 24.1 Å². The summed E-state index contributed by atoms with van der Waals surface area (Å²) in [7, 11) is 1.88. The molecule has 1 atom stereocenters. The second kappa shape index (κ2) is 9.43. The average molecular weight is 418 g/mol. The van der Waals surface area contributed by atoms with Crippen LogP contribution in [-0.4, -0.2) is 45.2 Å². The van der Waals surface area contributed by atoms with Crippen LogP contribution < -0.4 is 5.32 Å². The van der Waals surface area contributed by atoms with Crippen molar-refractivity contribution in [2.75, 3.05) is 25.0 Å². The lowest BCUT2D eigenvalue weighted by Crippen LogP contribution is -2.40. The van der Waals surface area contributed by atoms with E-state index in [1.54, 1.807) is 10.9 Å². The van der Waals surface area contributed by atoms with Gasteiger partial charge in [-0.15, -0.1) is 0 Å². The van der Waals surface area contributed by atoms with Crippen molar-refractivity contribution in [2.24, 2.45) is 7.05 Å². The van der Waals surface area contributed by atoms with Crippen LogP contribution in [0.1, 0.15) is 47.0 Å². The van der Waals surface area contributed by atoms with Gasteiger partial charge in [-0.25, -0.2) is 0 Å². The maximum Gasteiger partial charge on any atom is 0.238 e. The number of hydrogen-bond donors (Lipinski definition) is 1. The van der Waals surface area contributed by atoms with Crippen LogP contribution in [-0.2, 0) is 18.3 Å². The number of anilines is 1. The molecule has 0 bridgehead atoms. The Kier molecular flexibility index (Phi) is 6.47. The molecule has 162 valence electrons. The number of carbonyl (C=O) groups is 1. The van der Waals surface area contributed by atoms with Gasteiger partial charge in [-0.1, -0.05) is 30.3 Å². The molecule has 3 heterocycles. The van der Waals surface area contributed by atoms with Crippen molar-refractivity contribution in [1.29, 1.82) is 0 Å². The third-order valence-corrected chi connectivity index (χ3v) is 6.08. The van der Waals surface area contributed by atoms with Crippen molar-refractivity contribution in [3.63, 3.8) is 0 Å². The number of pyridine rings is 1. The summed E-state index contributed by atoms with van der Waals surface area (Å²) in [6.07, 6.45) is 4.81. The zero-order chi connectivity index (χ0) is 21.8. The summed E-state index contributed by atoms with van der Waals surface area (Å²) >= 11 is 0. The van der Waals surface area contributed by atoms with Crippen LogP contribution in [0.4, 0.5) is 5.69 Å². The number of likely N-dealkylation sites (tertiary alicyclic amines) is 1. The first kappa shape index (κ1) is 21.2. The second-order valence-electron chi connectivity index (χ2n) is 8.59. The van der Waals surface area contributed by atoms with Crippen molar-refractivity contribution < 1.29 is 4.79 Å². The lowest BCUT2D eigenvalue weighted by molar-refractivity contribution is -0.117. The quantitative estimate of drug-likeness (QED) is 0.662. The Hall–Kier alpha value is -2.99. The minimum Gasteiger partial charge on any atom is -0.322 e. The number of piperidine rings is 1. The number of nitrogens with one attached hydrogen (secondary N) is 1. The number of hydrogen-bond acceptors (Lipinski definition) is 4. The largest absolute Gasteiger partial charge is 0.322 e. The Bertz CT molecular complexity index is 1040. The zero-order valence-electron chi connectivity index (χ0n) is 18.6.